The number of nitrogens with one attached hydrogen (secondary N) is 1. The van der Waals surface area contributed by atoms with Gasteiger partial charge in [0.25, 0.3) is 5.91 Å². The molecule has 3 rings (SSSR count). The van der Waals surface area contributed by atoms with Gasteiger partial charge < -0.3 is 10.2 Å². The maximum atomic E-state index is 13.9. The molecule has 1 spiro atoms. The number of carbonyl (C=O) groups excluding carboxylic acids is 2. The van der Waals surface area contributed by atoms with Crippen LogP contribution in [0.1, 0.15) is 29.6 Å². The van der Waals surface area contributed by atoms with Gasteiger partial charge in [0.2, 0.25) is 5.91 Å². The predicted octanol–water partition coefficient (Wildman–Crippen LogP) is 2.33. The highest BCUT2D eigenvalue weighted by Crippen LogP contribution is 2.37. The first kappa shape index (κ1) is 14.5. The lowest BCUT2D eigenvalue weighted by atomic mass is 9.77. The Hall–Kier alpha value is -1.43. The van der Waals surface area contributed by atoms with Crippen molar-refractivity contribution in [2.75, 3.05) is 19.6 Å². The Morgan fingerprint density at radius 2 is 2.05 bits per heavy atom. The summed E-state index contributed by atoms with van der Waals surface area (Å²) in [7, 11) is 0. The van der Waals surface area contributed by atoms with Crippen molar-refractivity contribution in [3.63, 3.8) is 0 Å². The highest BCUT2D eigenvalue weighted by Gasteiger charge is 2.41. The zero-order chi connectivity index (χ0) is 15.0. The van der Waals surface area contributed by atoms with Crippen LogP contribution in [0.15, 0.2) is 22.7 Å². The van der Waals surface area contributed by atoms with Gasteiger partial charge in [-0.1, -0.05) is 15.9 Å². The fraction of sp³-hybridized carbons (Fsp3) is 0.467. The number of benzene rings is 1. The Morgan fingerprint density at radius 1 is 1.33 bits per heavy atom. The molecule has 2 heterocycles. The van der Waals surface area contributed by atoms with Crippen LogP contribution in [0.2, 0.25) is 0 Å². The summed E-state index contributed by atoms with van der Waals surface area (Å²) in [6.07, 6.45) is 2.12. The van der Waals surface area contributed by atoms with Gasteiger partial charge in [-0.25, -0.2) is 4.39 Å². The summed E-state index contributed by atoms with van der Waals surface area (Å²) in [4.78, 5) is 25.5. The van der Waals surface area contributed by atoms with E-state index < -0.39 is 5.82 Å². The van der Waals surface area contributed by atoms with E-state index in [-0.39, 0.29) is 22.8 Å². The molecule has 0 unspecified atom stereocenters. The lowest BCUT2D eigenvalue weighted by Gasteiger charge is -2.38. The quantitative estimate of drug-likeness (QED) is 0.841. The van der Waals surface area contributed by atoms with Crippen molar-refractivity contribution in [2.45, 2.75) is 19.3 Å². The monoisotopic (exact) mass is 354 g/mol. The van der Waals surface area contributed by atoms with Crippen molar-refractivity contribution in [1.82, 2.24) is 10.2 Å². The van der Waals surface area contributed by atoms with E-state index in [1.165, 1.54) is 12.1 Å². The van der Waals surface area contributed by atoms with Crippen LogP contribution in [-0.2, 0) is 4.79 Å². The molecule has 0 atom stereocenters. The molecule has 0 aliphatic carbocycles. The summed E-state index contributed by atoms with van der Waals surface area (Å²) in [6.45, 7) is 1.84. The summed E-state index contributed by atoms with van der Waals surface area (Å²) < 4.78 is 14.5. The van der Waals surface area contributed by atoms with Gasteiger partial charge in [-0.2, -0.15) is 0 Å². The van der Waals surface area contributed by atoms with Gasteiger partial charge in [0.15, 0.2) is 0 Å². The molecule has 4 nitrogen and oxygen atoms in total. The van der Waals surface area contributed by atoms with Crippen LogP contribution in [0.25, 0.3) is 0 Å². The first-order valence-corrected chi connectivity index (χ1v) is 7.79. The number of hydrogen-bond donors (Lipinski definition) is 1. The molecule has 0 saturated carbocycles. The molecule has 1 aromatic carbocycles. The molecule has 1 aromatic rings. The summed E-state index contributed by atoms with van der Waals surface area (Å²) >= 11 is 3.18. The van der Waals surface area contributed by atoms with E-state index in [0.717, 1.165) is 12.8 Å². The average molecular weight is 355 g/mol. The Kier molecular flexibility index (Phi) is 3.73. The van der Waals surface area contributed by atoms with E-state index in [9.17, 15) is 14.0 Å². The highest BCUT2D eigenvalue weighted by molar-refractivity contribution is 9.10. The Labute approximate surface area is 130 Å². The van der Waals surface area contributed by atoms with Crippen LogP contribution in [0.3, 0.4) is 0 Å². The van der Waals surface area contributed by atoms with Crippen molar-refractivity contribution in [2.24, 2.45) is 5.41 Å². The third kappa shape index (κ3) is 2.81. The SMILES string of the molecule is O=C1CC2(CCN(C(=O)c3ccc(Br)cc3F)CC2)CN1. The molecule has 0 aromatic heterocycles. The van der Waals surface area contributed by atoms with E-state index in [0.29, 0.717) is 30.5 Å². The number of hydrogen-bond acceptors (Lipinski definition) is 2. The number of likely N-dealkylation sites (tertiary alicyclic amines) is 1. The van der Waals surface area contributed by atoms with Crippen LogP contribution < -0.4 is 5.32 Å². The van der Waals surface area contributed by atoms with E-state index >= 15 is 0 Å². The van der Waals surface area contributed by atoms with Gasteiger partial charge in [-0.05, 0) is 36.5 Å². The summed E-state index contributed by atoms with van der Waals surface area (Å²) in [5.74, 6) is -0.687. The second-order valence-corrected chi connectivity index (χ2v) is 6.79. The van der Waals surface area contributed by atoms with Gasteiger partial charge in [-0.15, -0.1) is 0 Å². The average Bonchev–Trinajstić information content (AvgIpc) is 2.80. The third-order valence-electron chi connectivity index (χ3n) is 4.47. The molecule has 0 bridgehead atoms. The van der Waals surface area contributed by atoms with Crippen LogP contribution in [0.4, 0.5) is 4.39 Å². The van der Waals surface area contributed by atoms with Crippen molar-refractivity contribution in [3.8, 4) is 0 Å². The summed E-state index contributed by atoms with van der Waals surface area (Å²) in [6, 6.07) is 4.48. The lowest BCUT2D eigenvalue weighted by Crippen LogP contribution is -2.44. The van der Waals surface area contributed by atoms with E-state index in [2.05, 4.69) is 21.2 Å². The number of amides is 2. The minimum atomic E-state index is -0.507. The number of piperidine rings is 1. The first-order chi connectivity index (χ1) is 9.99. The third-order valence-corrected chi connectivity index (χ3v) is 4.96. The maximum Gasteiger partial charge on any atom is 0.256 e. The molecule has 21 heavy (non-hydrogen) atoms. The topological polar surface area (TPSA) is 49.4 Å². The summed E-state index contributed by atoms with van der Waals surface area (Å²) in [5.41, 5.74) is 0.0985. The molecule has 2 saturated heterocycles. The number of nitrogens with zero attached hydrogens (tertiary/aromatic N) is 1. The highest BCUT2D eigenvalue weighted by atomic mass is 79.9. The van der Waals surface area contributed by atoms with Crippen LogP contribution in [-0.4, -0.2) is 36.3 Å². The summed E-state index contributed by atoms with van der Waals surface area (Å²) in [5, 5.41) is 2.86. The van der Waals surface area contributed by atoms with Gasteiger partial charge in [0, 0.05) is 30.5 Å². The molecule has 112 valence electrons. The molecular weight excluding hydrogens is 339 g/mol. The molecule has 1 N–H and O–H groups in total. The first-order valence-electron chi connectivity index (χ1n) is 7.00. The van der Waals surface area contributed by atoms with Crippen molar-refractivity contribution in [1.29, 1.82) is 0 Å². The van der Waals surface area contributed by atoms with E-state index in [4.69, 9.17) is 0 Å². The largest absolute Gasteiger partial charge is 0.356 e. The number of halogens is 2. The predicted molar refractivity (Wildman–Crippen MR) is 79.3 cm³/mol. The molecular formula is C15H16BrFN2O2. The van der Waals surface area contributed by atoms with Crippen molar-refractivity contribution in [3.05, 3.63) is 34.1 Å². The molecule has 2 aliphatic rings. The van der Waals surface area contributed by atoms with Gasteiger partial charge in [0.1, 0.15) is 5.82 Å². The molecule has 2 amide bonds. The van der Waals surface area contributed by atoms with Crippen LogP contribution >= 0.6 is 15.9 Å². The minimum absolute atomic E-state index is 0.00781. The fourth-order valence-corrected chi connectivity index (χ4v) is 3.46. The van der Waals surface area contributed by atoms with Gasteiger partial charge >= 0.3 is 0 Å². The molecule has 0 radical (unpaired) electrons. The van der Waals surface area contributed by atoms with Gasteiger partial charge in [-0.3, -0.25) is 9.59 Å². The van der Waals surface area contributed by atoms with E-state index in [1.54, 1.807) is 11.0 Å². The van der Waals surface area contributed by atoms with Gasteiger partial charge in [0.05, 0.1) is 5.56 Å². The lowest BCUT2D eigenvalue weighted by molar-refractivity contribution is -0.119. The second-order valence-electron chi connectivity index (χ2n) is 5.87. The zero-order valence-corrected chi connectivity index (χ0v) is 13.1. The minimum Gasteiger partial charge on any atom is -0.356 e. The van der Waals surface area contributed by atoms with E-state index in [1.807, 2.05) is 0 Å². The molecule has 2 fully saturated rings. The van der Waals surface area contributed by atoms with Crippen LogP contribution in [0.5, 0.6) is 0 Å². The molecule has 2 aliphatic heterocycles. The second kappa shape index (κ2) is 5.40. The van der Waals surface area contributed by atoms with Crippen molar-refractivity contribution >= 4 is 27.7 Å². The smallest absolute Gasteiger partial charge is 0.256 e. The number of rotatable bonds is 1. The van der Waals surface area contributed by atoms with Crippen LogP contribution in [0, 0.1) is 11.2 Å². The Bertz CT molecular complexity index is 597. The standard InChI is InChI=1S/C15H16BrFN2O2/c16-10-1-2-11(12(17)7-10)14(21)19-5-3-15(4-6-19)8-13(20)18-9-15/h1-2,7H,3-6,8-9H2,(H,18,20). The fourth-order valence-electron chi connectivity index (χ4n) is 3.12. The van der Waals surface area contributed by atoms with Crippen molar-refractivity contribution < 1.29 is 14.0 Å². The Morgan fingerprint density at radius 3 is 2.62 bits per heavy atom. The zero-order valence-electron chi connectivity index (χ0n) is 11.5. The molecule has 6 heteroatoms. The normalized spacial score (nSPS) is 20.7. The maximum absolute atomic E-state index is 13.9. The Balaban J connectivity index is 1.69. The number of carbonyl (C=O) groups is 2.